The van der Waals surface area contributed by atoms with Crippen LogP contribution in [0.2, 0.25) is 0 Å². The van der Waals surface area contributed by atoms with E-state index in [0.717, 1.165) is 22.2 Å². The molecular weight excluding hydrogens is 250 g/mol. The Kier molecular flexibility index (Phi) is 2.75. The van der Waals surface area contributed by atoms with Crippen LogP contribution in [0.15, 0.2) is 40.7 Å². The van der Waals surface area contributed by atoms with E-state index in [2.05, 4.69) is 6.08 Å². The lowest BCUT2D eigenvalue weighted by Crippen LogP contribution is -2.28. The summed E-state index contributed by atoms with van der Waals surface area (Å²) in [4.78, 5) is 12.5. The summed E-state index contributed by atoms with van der Waals surface area (Å²) in [5.74, 6) is 0.753. The Balaban J connectivity index is 2.29. The molecule has 0 amide bonds. The van der Waals surface area contributed by atoms with E-state index in [4.69, 9.17) is 4.74 Å². The molecule has 2 aromatic rings. The smallest absolute Gasteiger partial charge is 0.257 e. The Bertz CT molecular complexity index is 781. The molecule has 2 heterocycles. The zero-order chi connectivity index (χ0) is 14.5. The van der Waals surface area contributed by atoms with Gasteiger partial charge in [0.05, 0.1) is 11.1 Å². The van der Waals surface area contributed by atoms with Gasteiger partial charge in [-0.2, -0.15) is 0 Å². The summed E-state index contributed by atoms with van der Waals surface area (Å²) in [6.45, 7) is 6.13. The van der Waals surface area contributed by atoms with Crippen LogP contribution in [0.5, 0.6) is 5.75 Å². The Morgan fingerprint density at radius 3 is 2.75 bits per heavy atom. The average Bonchev–Trinajstić information content (AvgIpc) is 2.73. The summed E-state index contributed by atoms with van der Waals surface area (Å²) in [7, 11) is 1.82. The zero-order valence-electron chi connectivity index (χ0n) is 12.4. The number of nitrogens with zero attached hydrogens (tertiary/aromatic N) is 1. The number of para-hydroxylation sites is 1. The van der Waals surface area contributed by atoms with Crippen LogP contribution in [0.1, 0.15) is 26.3 Å². The lowest BCUT2D eigenvalue weighted by atomic mass is 9.97. The Labute approximate surface area is 118 Å². The number of benzene rings is 1. The summed E-state index contributed by atoms with van der Waals surface area (Å²) in [5, 5.41) is 1.01. The molecule has 0 radical (unpaired) electrons. The first kappa shape index (κ1) is 13.0. The second-order valence-corrected chi connectivity index (χ2v) is 6.00. The van der Waals surface area contributed by atoms with Crippen molar-refractivity contribution in [1.29, 1.82) is 0 Å². The third kappa shape index (κ3) is 1.85. The van der Waals surface area contributed by atoms with Crippen LogP contribution in [0, 0.1) is 0 Å². The monoisotopic (exact) mass is 269 g/mol. The summed E-state index contributed by atoms with van der Waals surface area (Å²) >= 11 is 0. The molecule has 1 aromatic carbocycles. The lowest BCUT2D eigenvalue weighted by molar-refractivity contribution is 0.172. The first-order valence-electron chi connectivity index (χ1n) is 6.87. The van der Waals surface area contributed by atoms with E-state index in [1.54, 1.807) is 4.57 Å². The molecule has 1 aliphatic rings. The van der Waals surface area contributed by atoms with E-state index in [1.807, 2.05) is 52.1 Å². The topological polar surface area (TPSA) is 31.2 Å². The highest BCUT2D eigenvalue weighted by atomic mass is 16.5. The fraction of sp³-hybridized carbons (Fsp3) is 0.353. The van der Waals surface area contributed by atoms with Crippen LogP contribution in [-0.2, 0) is 13.5 Å². The molecule has 0 fully saturated rings. The molecule has 20 heavy (non-hydrogen) atoms. The van der Waals surface area contributed by atoms with E-state index in [9.17, 15) is 4.79 Å². The van der Waals surface area contributed by atoms with Crippen molar-refractivity contribution in [2.75, 3.05) is 0 Å². The van der Waals surface area contributed by atoms with Gasteiger partial charge in [-0.1, -0.05) is 17.7 Å². The van der Waals surface area contributed by atoms with Gasteiger partial charge in [0.1, 0.15) is 11.4 Å². The molecule has 0 bridgehead atoms. The minimum Gasteiger partial charge on any atom is -0.482 e. The predicted molar refractivity (Wildman–Crippen MR) is 81.4 cm³/mol. The summed E-state index contributed by atoms with van der Waals surface area (Å²) < 4.78 is 7.88. The number of pyridine rings is 1. The molecule has 3 rings (SSSR count). The fourth-order valence-electron chi connectivity index (χ4n) is 3.11. The number of allylic oxidation sites excluding steroid dienone is 1. The van der Waals surface area contributed by atoms with Crippen molar-refractivity contribution < 1.29 is 4.74 Å². The third-order valence-corrected chi connectivity index (χ3v) is 3.80. The minimum atomic E-state index is -0.419. The molecule has 1 atom stereocenters. The highest BCUT2D eigenvalue weighted by molar-refractivity contribution is 5.87. The van der Waals surface area contributed by atoms with E-state index in [1.165, 1.54) is 5.57 Å². The van der Waals surface area contributed by atoms with Crippen molar-refractivity contribution in [3.8, 4) is 5.75 Å². The maximum Gasteiger partial charge on any atom is 0.257 e. The van der Waals surface area contributed by atoms with Gasteiger partial charge in [0.25, 0.3) is 5.56 Å². The number of aromatic nitrogens is 1. The van der Waals surface area contributed by atoms with Crippen LogP contribution in [0.3, 0.4) is 0 Å². The molecule has 1 unspecified atom stereocenters. The van der Waals surface area contributed by atoms with E-state index >= 15 is 0 Å². The van der Waals surface area contributed by atoms with Crippen LogP contribution < -0.4 is 10.3 Å². The van der Waals surface area contributed by atoms with Crippen molar-refractivity contribution in [3.05, 3.63) is 51.8 Å². The average molecular weight is 269 g/mol. The normalized spacial score (nSPS) is 20.6. The predicted octanol–water partition coefficient (Wildman–Crippen LogP) is 3.20. The summed E-state index contributed by atoms with van der Waals surface area (Å²) in [5.41, 5.74) is 2.52. The first-order chi connectivity index (χ1) is 9.41. The molecule has 1 aromatic heterocycles. The molecule has 0 spiro atoms. The number of hydrogen-bond acceptors (Lipinski definition) is 2. The van der Waals surface area contributed by atoms with Gasteiger partial charge in [-0.25, -0.2) is 0 Å². The van der Waals surface area contributed by atoms with Gasteiger partial charge in [0.2, 0.25) is 0 Å². The van der Waals surface area contributed by atoms with Crippen molar-refractivity contribution in [1.82, 2.24) is 4.57 Å². The largest absolute Gasteiger partial charge is 0.482 e. The standard InChI is InChI=1S/C17H19NO2/c1-11(2)9-17(3)10-13-15(20-17)12-7-5-6-8-14(12)18(4)16(13)19/h5-9H,10H2,1-4H3. The van der Waals surface area contributed by atoms with Crippen molar-refractivity contribution in [3.63, 3.8) is 0 Å². The minimum absolute atomic E-state index is 0.0459. The van der Waals surface area contributed by atoms with E-state index < -0.39 is 5.60 Å². The Morgan fingerprint density at radius 2 is 2.05 bits per heavy atom. The molecule has 1 aliphatic heterocycles. The molecule has 0 aliphatic carbocycles. The number of fused-ring (bicyclic) bond motifs is 3. The van der Waals surface area contributed by atoms with Gasteiger partial charge in [-0.15, -0.1) is 0 Å². The lowest BCUT2D eigenvalue weighted by Gasteiger charge is -2.20. The van der Waals surface area contributed by atoms with Gasteiger partial charge in [-0.05, 0) is 39.0 Å². The van der Waals surface area contributed by atoms with E-state index in [-0.39, 0.29) is 5.56 Å². The van der Waals surface area contributed by atoms with Gasteiger partial charge in [-0.3, -0.25) is 4.79 Å². The third-order valence-electron chi connectivity index (χ3n) is 3.80. The zero-order valence-corrected chi connectivity index (χ0v) is 12.4. The summed E-state index contributed by atoms with van der Waals surface area (Å²) in [6.07, 6.45) is 2.73. The highest BCUT2D eigenvalue weighted by Gasteiger charge is 2.36. The van der Waals surface area contributed by atoms with Gasteiger partial charge in [0.15, 0.2) is 0 Å². The maximum atomic E-state index is 12.5. The van der Waals surface area contributed by atoms with Crippen molar-refractivity contribution in [2.45, 2.75) is 32.8 Å². The second kappa shape index (κ2) is 4.23. The van der Waals surface area contributed by atoms with Gasteiger partial charge in [0, 0.05) is 18.9 Å². The SMILES string of the molecule is CC(C)=CC1(C)Cc2c(c3ccccc3n(C)c2=O)O1. The fourth-order valence-corrected chi connectivity index (χ4v) is 3.11. The quantitative estimate of drug-likeness (QED) is 0.744. The number of aryl methyl sites for hydroxylation is 1. The molecular formula is C17H19NO2. The van der Waals surface area contributed by atoms with Gasteiger partial charge >= 0.3 is 0 Å². The molecule has 3 nitrogen and oxygen atoms in total. The second-order valence-electron chi connectivity index (χ2n) is 6.00. The molecule has 0 saturated heterocycles. The number of hydrogen-bond donors (Lipinski definition) is 0. The van der Waals surface area contributed by atoms with Crippen LogP contribution in [0.25, 0.3) is 10.9 Å². The van der Waals surface area contributed by atoms with Crippen LogP contribution in [0.4, 0.5) is 0 Å². The number of ether oxygens (including phenoxy) is 1. The number of rotatable bonds is 1. The van der Waals surface area contributed by atoms with Gasteiger partial charge < -0.3 is 9.30 Å². The Hall–Kier alpha value is -2.03. The molecule has 3 heteroatoms. The van der Waals surface area contributed by atoms with Crippen LogP contribution in [-0.4, -0.2) is 10.2 Å². The highest BCUT2D eigenvalue weighted by Crippen LogP contribution is 2.39. The molecule has 104 valence electrons. The van der Waals surface area contributed by atoms with Crippen LogP contribution >= 0.6 is 0 Å². The summed E-state index contributed by atoms with van der Waals surface area (Å²) in [6, 6.07) is 7.89. The maximum absolute atomic E-state index is 12.5. The Morgan fingerprint density at radius 1 is 1.35 bits per heavy atom. The molecule has 0 N–H and O–H groups in total. The van der Waals surface area contributed by atoms with Crippen molar-refractivity contribution >= 4 is 10.9 Å². The first-order valence-corrected chi connectivity index (χ1v) is 6.87. The molecule has 0 saturated carbocycles. The van der Waals surface area contributed by atoms with E-state index in [0.29, 0.717) is 6.42 Å². The van der Waals surface area contributed by atoms with Crippen molar-refractivity contribution in [2.24, 2.45) is 7.05 Å².